The first kappa shape index (κ1) is 15.8. The highest BCUT2D eigenvalue weighted by Crippen LogP contribution is 2.26. The molecule has 0 aliphatic rings. The molecule has 4 heteroatoms. The van der Waals surface area contributed by atoms with Gasteiger partial charge in [0.05, 0.1) is 19.9 Å². The lowest BCUT2D eigenvalue weighted by Crippen LogP contribution is -2.18. The van der Waals surface area contributed by atoms with Crippen LogP contribution in [0.1, 0.15) is 32.3 Å². The molecule has 0 saturated heterocycles. The van der Waals surface area contributed by atoms with Crippen LogP contribution in [-0.2, 0) is 6.42 Å². The van der Waals surface area contributed by atoms with Gasteiger partial charge in [0, 0.05) is 18.5 Å². The zero-order chi connectivity index (χ0) is 14.1. The SMILES string of the molecule is CCCOc1ccc(CC(C)N)c(OCCCF)c1. The van der Waals surface area contributed by atoms with Gasteiger partial charge in [-0.25, -0.2) is 0 Å². The molecule has 1 rings (SSSR count). The molecule has 0 radical (unpaired) electrons. The van der Waals surface area contributed by atoms with Gasteiger partial charge in [0.1, 0.15) is 11.5 Å². The second kappa shape index (κ2) is 8.75. The molecule has 0 spiro atoms. The number of hydrogen-bond acceptors (Lipinski definition) is 3. The fourth-order valence-electron chi connectivity index (χ4n) is 1.73. The molecule has 0 aromatic heterocycles. The Balaban J connectivity index is 2.77. The van der Waals surface area contributed by atoms with Crippen molar-refractivity contribution in [1.29, 1.82) is 0 Å². The van der Waals surface area contributed by atoms with E-state index in [9.17, 15) is 4.39 Å². The van der Waals surface area contributed by atoms with Crippen LogP contribution in [0.25, 0.3) is 0 Å². The largest absolute Gasteiger partial charge is 0.493 e. The van der Waals surface area contributed by atoms with E-state index in [1.165, 1.54) is 0 Å². The molecule has 1 unspecified atom stereocenters. The van der Waals surface area contributed by atoms with Crippen molar-refractivity contribution in [2.45, 2.75) is 39.2 Å². The minimum Gasteiger partial charge on any atom is -0.493 e. The van der Waals surface area contributed by atoms with E-state index in [4.69, 9.17) is 15.2 Å². The van der Waals surface area contributed by atoms with Crippen LogP contribution in [0.15, 0.2) is 18.2 Å². The fourth-order valence-corrected chi connectivity index (χ4v) is 1.73. The third-order valence-electron chi connectivity index (χ3n) is 2.59. The molecule has 2 N–H and O–H groups in total. The van der Waals surface area contributed by atoms with Gasteiger partial charge in [0.15, 0.2) is 0 Å². The van der Waals surface area contributed by atoms with Crippen molar-refractivity contribution in [3.8, 4) is 11.5 Å². The van der Waals surface area contributed by atoms with Gasteiger partial charge in [-0.2, -0.15) is 0 Å². The lowest BCUT2D eigenvalue weighted by atomic mass is 10.1. The average molecular weight is 269 g/mol. The van der Waals surface area contributed by atoms with Crippen LogP contribution >= 0.6 is 0 Å². The van der Waals surface area contributed by atoms with Gasteiger partial charge in [-0.15, -0.1) is 0 Å². The summed E-state index contributed by atoms with van der Waals surface area (Å²) in [6.45, 7) is 4.70. The van der Waals surface area contributed by atoms with E-state index in [0.29, 0.717) is 19.6 Å². The molecule has 1 aromatic carbocycles. The third kappa shape index (κ3) is 5.92. The van der Waals surface area contributed by atoms with Crippen LogP contribution in [0.2, 0.25) is 0 Å². The quantitative estimate of drug-likeness (QED) is 0.701. The van der Waals surface area contributed by atoms with E-state index in [2.05, 4.69) is 6.92 Å². The third-order valence-corrected chi connectivity index (χ3v) is 2.59. The Hall–Kier alpha value is -1.29. The van der Waals surface area contributed by atoms with Gasteiger partial charge in [0.2, 0.25) is 0 Å². The highest BCUT2D eigenvalue weighted by atomic mass is 19.1. The van der Waals surface area contributed by atoms with Crippen molar-refractivity contribution in [2.24, 2.45) is 5.73 Å². The Bertz CT molecular complexity index is 369. The van der Waals surface area contributed by atoms with Crippen molar-refractivity contribution in [2.75, 3.05) is 19.9 Å². The van der Waals surface area contributed by atoms with Crippen molar-refractivity contribution in [1.82, 2.24) is 0 Å². The second-order valence-corrected chi connectivity index (χ2v) is 4.69. The number of alkyl halides is 1. The van der Waals surface area contributed by atoms with E-state index >= 15 is 0 Å². The van der Waals surface area contributed by atoms with E-state index in [-0.39, 0.29) is 12.7 Å². The molecular formula is C15H24FNO2. The Morgan fingerprint density at radius 3 is 2.68 bits per heavy atom. The van der Waals surface area contributed by atoms with Crippen molar-refractivity contribution < 1.29 is 13.9 Å². The van der Waals surface area contributed by atoms with Crippen LogP contribution in [0.4, 0.5) is 4.39 Å². The molecule has 1 aromatic rings. The molecule has 19 heavy (non-hydrogen) atoms. The van der Waals surface area contributed by atoms with Crippen molar-refractivity contribution in [3.63, 3.8) is 0 Å². The molecule has 108 valence electrons. The summed E-state index contributed by atoms with van der Waals surface area (Å²) in [5, 5.41) is 0. The molecule has 0 amide bonds. The number of nitrogens with two attached hydrogens (primary N) is 1. The number of benzene rings is 1. The van der Waals surface area contributed by atoms with Crippen LogP contribution in [0, 0.1) is 0 Å². The monoisotopic (exact) mass is 269 g/mol. The lowest BCUT2D eigenvalue weighted by Gasteiger charge is -2.15. The van der Waals surface area contributed by atoms with E-state index < -0.39 is 0 Å². The van der Waals surface area contributed by atoms with Crippen LogP contribution in [0.3, 0.4) is 0 Å². The zero-order valence-corrected chi connectivity index (χ0v) is 11.8. The zero-order valence-electron chi connectivity index (χ0n) is 11.8. The predicted molar refractivity (Wildman–Crippen MR) is 75.7 cm³/mol. The Morgan fingerprint density at radius 2 is 2.05 bits per heavy atom. The molecular weight excluding hydrogens is 245 g/mol. The summed E-state index contributed by atoms with van der Waals surface area (Å²) in [7, 11) is 0. The smallest absolute Gasteiger partial charge is 0.126 e. The minimum absolute atomic E-state index is 0.0611. The number of halogens is 1. The maximum atomic E-state index is 12.1. The number of rotatable bonds is 9. The topological polar surface area (TPSA) is 44.5 Å². The highest BCUT2D eigenvalue weighted by molar-refractivity contribution is 5.41. The molecule has 0 aliphatic heterocycles. The average Bonchev–Trinajstić information content (AvgIpc) is 2.38. The Labute approximate surface area is 114 Å². The lowest BCUT2D eigenvalue weighted by molar-refractivity contribution is 0.281. The number of ether oxygens (including phenoxy) is 2. The van der Waals surface area contributed by atoms with Crippen LogP contribution in [0.5, 0.6) is 11.5 Å². The van der Waals surface area contributed by atoms with Crippen molar-refractivity contribution >= 4 is 0 Å². The van der Waals surface area contributed by atoms with Crippen LogP contribution in [-0.4, -0.2) is 25.9 Å². The highest BCUT2D eigenvalue weighted by Gasteiger charge is 2.08. The van der Waals surface area contributed by atoms with E-state index in [0.717, 1.165) is 29.9 Å². The maximum absolute atomic E-state index is 12.1. The minimum atomic E-state index is -0.366. The summed E-state index contributed by atoms with van der Waals surface area (Å²) in [4.78, 5) is 0. The normalized spacial score (nSPS) is 12.2. The molecule has 0 saturated carbocycles. The molecule has 0 aliphatic carbocycles. The summed E-state index contributed by atoms with van der Waals surface area (Å²) in [6.07, 6.45) is 2.09. The summed E-state index contributed by atoms with van der Waals surface area (Å²) in [5.41, 5.74) is 6.86. The fraction of sp³-hybridized carbons (Fsp3) is 0.600. The number of hydrogen-bond donors (Lipinski definition) is 1. The summed E-state index contributed by atoms with van der Waals surface area (Å²) in [5.74, 6) is 1.53. The summed E-state index contributed by atoms with van der Waals surface area (Å²) in [6, 6.07) is 5.83. The second-order valence-electron chi connectivity index (χ2n) is 4.69. The van der Waals surface area contributed by atoms with Gasteiger partial charge >= 0.3 is 0 Å². The van der Waals surface area contributed by atoms with Gasteiger partial charge in [-0.05, 0) is 31.4 Å². The summed E-state index contributed by atoms with van der Waals surface area (Å²) < 4.78 is 23.3. The van der Waals surface area contributed by atoms with E-state index in [1.54, 1.807) is 0 Å². The maximum Gasteiger partial charge on any atom is 0.126 e. The first-order valence-electron chi connectivity index (χ1n) is 6.87. The molecule has 0 bridgehead atoms. The van der Waals surface area contributed by atoms with Crippen LogP contribution < -0.4 is 15.2 Å². The van der Waals surface area contributed by atoms with Gasteiger partial charge < -0.3 is 15.2 Å². The Kier molecular flexibility index (Phi) is 7.26. The van der Waals surface area contributed by atoms with E-state index in [1.807, 2.05) is 25.1 Å². The molecule has 0 heterocycles. The molecule has 0 fully saturated rings. The van der Waals surface area contributed by atoms with Gasteiger partial charge in [-0.1, -0.05) is 13.0 Å². The predicted octanol–water partition coefficient (Wildman–Crippen LogP) is 3.10. The van der Waals surface area contributed by atoms with Gasteiger partial charge in [-0.3, -0.25) is 4.39 Å². The molecule has 1 atom stereocenters. The summed E-state index contributed by atoms with van der Waals surface area (Å²) >= 11 is 0. The first-order valence-corrected chi connectivity index (χ1v) is 6.87. The van der Waals surface area contributed by atoms with Gasteiger partial charge in [0.25, 0.3) is 0 Å². The standard InChI is InChI=1S/C15H24FNO2/c1-3-8-18-14-6-5-13(10-12(2)17)15(11-14)19-9-4-7-16/h5-6,11-12H,3-4,7-10,17H2,1-2H3. The van der Waals surface area contributed by atoms with Crippen molar-refractivity contribution in [3.05, 3.63) is 23.8 Å². The Morgan fingerprint density at radius 1 is 1.26 bits per heavy atom. The first-order chi connectivity index (χ1) is 9.17. The molecule has 3 nitrogen and oxygen atoms in total.